The van der Waals surface area contributed by atoms with Crippen LogP contribution in [0.5, 0.6) is 11.5 Å². The van der Waals surface area contributed by atoms with Gasteiger partial charge in [-0.3, -0.25) is 4.79 Å². The van der Waals surface area contributed by atoms with Crippen LogP contribution in [-0.2, 0) is 6.42 Å². The summed E-state index contributed by atoms with van der Waals surface area (Å²) in [6.45, 7) is 4.63. The molecule has 1 amide bonds. The van der Waals surface area contributed by atoms with Crippen LogP contribution in [0, 0.1) is 0 Å². The fraction of sp³-hybridized carbons (Fsp3) is 0.333. The second-order valence-corrected chi connectivity index (χ2v) is 8.72. The van der Waals surface area contributed by atoms with Crippen LogP contribution in [0.25, 0.3) is 16.7 Å². The van der Waals surface area contributed by atoms with E-state index in [1.165, 1.54) is 0 Å². The first-order valence-electron chi connectivity index (χ1n) is 12.2. The van der Waals surface area contributed by atoms with Crippen molar-refractivity contribution < 1.29 is 14.3 Å². The van der Waals surface area contributed by atoms with Gasteiger partial charge in [0.25, 0.3) is 5.91 Å². The van der Waals surface area contributed by atoms with Gasteiger partial charge in [0.15, 0.2) is 5.65 Å². The molecule has 2 aromatic heterocycles. The van der Waals surface area contributed by atoms with Crippen LogP contribution in [0.3, 0.4) is 0 Å². The van der Waals surface area contributed by atoms with Crippen LogP contribution >= 0.6 is 0 Å². The number of para-hydroxylation sites is 1. The summed E-state index contributed by atoms with van der Waals surface area (Å²) >= 11 is 0. The number of benzene rings is 2. The SMILES string of the molecule is CCCc1nc(N2CCN(C(=O)c3cc(OC)cc(OC)c3)CC2)c2cnn(-c3ccccc3)c2n1. The molecule has 0 atom stereocenters. The lowest BCUT2D eigenvalue weighted by Gasteiger charge is -2.35. The minimum absolute atomic E-state index is 0.0387. The first-order valence-corrected chi connectivity index (χ1v) is 12.2. The molecule has 186 valence electrons. The fourth-order valence-corrected chi connectivity index (χ4v) is 4.51. The minimum atomic E-state index is -0.0387. The standard InChI is InChI=1S/C27H30N6O3/c1-4-8-24-29-25(23-18-28-33(26(23)30-24)20-9-6-5-7-10-20)31-11-13-32(14-12-31)27(34)19-15-21(35-2)17-22(16-19)36-3/h5-7,9-10,15-18H,4,8,11-14H2,1-3H3. The normalized spacial score (nSPS) is 13.8. The van der Waals surface area contributed by atoms with Crippen LogP contribution in [0.15, 0.2) is 54.7 Å². The van der Waals surface area contributed by atoms with Crippen molar-refractivity contribution in [3.63, 3.8) is 0 Å². The molecular formula is C27H30N6O3. The number of fused-ring (bicyclic) bond motifs is 1. The number of aromatic nitrogens is 4. The van der Waals surface area contributed by atoms with E-state index in [9.17, 15) is 4.79 Å². The van der Waals surface area contributed by atoms with Crippen molar-refractivity contribution in [1.82, 2.24) is 24.6 Å². The van der Waals surface area contributed by atoms with E-state index in [4.69, 9.17) is 19.4 Å². The molecule has 0 N–H and O–H groups in total. The topological polar surface area (TPSA) is 85.6 Å². The summed E-state index contributed by atoms with van der Waals surface area (Å²) in [5.74, 6) is 2.83. The average molecular weight is 487 g/mol. The molecule has 0 radical (unpaired) electrons. The highest BCUT2D eigenvalue weighted by Gasteiger charge is 2.26. The quantitative estimate of drug-likeness (QED) is 0.393. The third kappa shape index (κ3) is 4.56. The maximum atomic E-state index is 13.2. The molecule has 36 heavy (non-hydrogen) atoms. The number of hydrogen-bond acceptors (Lipinski definition) is 7. The van der Waals surface area contributed by atoms with Gasteiger partial charge in [0.05, 0.1) is 31.5 Å². The Hall–Kier alpha value is -4.14. The van der Waals surface area contributed by atoms with E-state index < -0.39 is 0 Å². The Balaban J connectivity index is 1.40. The lowest BCUT2D eigenvalue weighted by molar-refractivity contribution is 0.0746. The molecular weight excluding hydrogens is 456 g/mol. The molecule has 1 saturated heterocycles. The number of methoxy groups -OCH3 is 2. The van der Waals surface area contributed by atoms with Crippen molar-refractivity contribution >= 4 is 22.8 Å². The zero-order valence-electron chi connectivity index (χ0n) is 20.8. The molecule has 1 aliphatic heterocycles. The minimum Gasteiger partial charge on any atom is -0.497 e. The van der Waals surface area contributed by atoms with Gasteiger partial charge in [0.1, 0.15) is 23.1 Å². The number of hydrogen-bond donors (Lipinski definition) is 0. The highest BCUT2D eigenvalue weighted by atomic mass is 16.5. The van der Waals surface area contributed by atoms with E-state index in [0.717, 1.165) is 41.2 Å². The summed E-state index contributed by atoms with van der Waals surface area (Å²) in [7, 11) is 3.16. The van der Waals surface area contributed by atoms with Crippen molar-refractivity contribution in [2.24, 2.45) is 0 Å². The monoisotopic (exact) mass is 486 g/mol. The molecule has 9 heteroatoms. The molecule has 0 spiro atoms. The van der Waals surface area contributed by atoms with Gasteiger partial charge in [-0.1, -0.05) is 25.1 Å². The second-order valence-electron chi connectivity index (χ2n) is 8.72. The van der Waals surface area contributed by atoms with Crippen molar-refractivity contribution in [1.29, 1.82) is 0 Å². The maximum absolute atomic E-state index is 13.2. The maximum Gasteiger partial charge on any atom is 0.254 e. The Morgan fingerprint density at radius 2 is 1.64 bits per heavy atom. The summed E-state index contributed by atoms with van der Waals surface area (Å²) < 4.78 is 12.5. The molecule has 2 aromatic carbocycles. The molecule has 0 aliphatic carbocycles. The Labute approximate surface area is 210 Å². The molecule has 1 fully saturated rings. The molecule has 0 saturated carbocycles. The lowest BCUT2D eigenvalue weighted by atomic mass is 10.1. The summed E-state index contributed by atoms with van der Waals surface area (Å²) in [6, 6.07) is 15.3. The number of carbonyl (C=O) groups is 1. The number of amides is 1. The molecule has 9 nitrogen and oxygen atoms in total. The number of aryl methyl sites for hydroxylation is 1. The molecule has 4 aromatic rings. The highest BCUT2D eigenvalue weighted by Crippen LogP contribution is 2.28. The van der Waals surface area contributed by atoms with Crippen molar-refractivity contribution in [3.05, 3.63) is 66.1 Å². The van der Waals surface area contributed by atoms with E-state index in [1.54, 1.807) is 32.4 Å². The van der Waals surface area contributed by atoms with Gasteiger partial charge in [-0.25, -0.2) is 14.6 Å². The number of anilines is 1. The smallest absolute Gasteiger partial charge is 0.254 e. The van der Waals surface area contributed by atoms with E-state index in [2.05, 4.69) is 16.9 Å². The van der Waals surface area contributed by atoms with E-state index in [0.29, 0.717) is 43.2 Å². The van der Waals surface area contributed by atoms with Crippen molar-refractivity contribution in [3.8, 4) is 17.2 Å². The van der Waals surface area contributed by atoms with Crippen LogP contribution in [0.4, 0.5) is 5.82 Å². The molecule has 5 rings (SSSR count). The Kier molecular flexibility index (Phi) is 6.71. The summed E-state index contributed by atoms with van der Waals surface area (Å²) in [4.78, 5) is 27.1. The third-order valence-electron chi connectivity index (χ3n) is 6.39. The van der Waals surface area contributed by atoms with E-state index in [1.807, 2.05) is 46.1 Å². The third-order valence-corrected chi connectivity index (χ3v) is 6.39. The number of rotatable bonds is 7. The van der Waals surface area contributed by atoms with Crippen LogP contribution < -0.4 is 14.4 Å². The lowest BCUT2D eigenvalue weighted by Crippen LogP contribution is -2.49. The number of ether oxygens (including phenoxy) is 2. The van der Waals surface area contributed by atoms with Gasteiger partial charge in [-0.05, 0) is 30.7 Å². The summed E-state index contributed by atoms with van der Waals surface area (Å²) in [5, 5.41) is 5.55. The first kappa shape index (κ1) is 23.6. The average Bonchev–Trinajstić information content (AvgIpc) is 3.36. The number of piperazine rings is 1. The number of carbonyl (C=O) groups excluding carboxylic acids is 1. The van der Waals surface area contributed by atoms with Gasteiger partial charge in [-0.2, -0.15) is 5.10 Å². The van der Waals surface area contributed by atoms with Crippen LogP contribution in [0.2, 0.25) is 0 Å². The van der Waals surface area contributed by atoms with Gasteiger partial charge in [0, 0.05) is 44.2 Å². The fourth-order valence-electron chi connectivity index (χ4n) is 4.51. The zero-order chi connectivity index (χ0) is 25.1. The second kappa shape index (κ2) is 10.2. The predicted octanol–water partition coefficient (Wildman–Crippen LogP) is 3.75. The van der Waals surface area contributed by atoms with Gasteiger partial charge in [0.2, 0.25) is 0 Å². The van der Waals surface area contributed by atoms with E-state index in [-0.39, 0.29) is 5.91 Å². The zero-order valence-corrected chi connectivity index (χ0v) is 20.8. The van der Waals surface area contributed by atoms with Crippen molar-refractivity contribution in [2.45, 2.75) is 19.8 Å². The molecule has 1 aliphatic rings. The van der Waals surface area contributed by atoms with E-state index >= 15 is 0 Å². The number of nitrogens with zero attached hydrogens (tertiary/aromatic N) is 6. The predicted molar refractivity (Wildman–Crippen MR) is 138 cm³/mol. The molecule has 0 unspecified atom stereocenters. The van der Waals surface area contributed by atoms with Gasteiger partial charge in [-0.15, -0.1) is 0 Å². The Morgan fingerprint density at radius 3 is 2.28 bits per heavy atom. The summed E-state index contributed by atoms with van der Waals surface area (Å²) in [6.07, 6.45) is 3.59. The first-order chi connectivity index (χ1) is 17.6. The highest BCUT2D eigenvalue weighted by molar-refractivity contribution is 5.95. The summed E-state index contributed by atoms with van der Waals surface area (Å²) in [5.41, 5.74) is 2.32. The largest absolute Gasteiger partial charge is 0.497 e. The Bertz CT molecular complexity index is 1340. The van der Waals surface area contributed by atoms with Crippen LogP contribution in [-0.4, -0.2) is 71.0 Å². The van der Waals surface area contributed by atoms with Gasteiger partial charge >= 0.3 is 0 Å². The Morgan fingerprint density at radius 1 is 0.944 bits per heavy atom. The van der Waals surface area contributed by atoms with Crippen LogP contribution in [0.1, 0.15) is 29.5 Å². The van der Waals surface area contributed by atoms with Crippen molar-refractivity contribution in [2.75, 3.05) is 45.3 Å². The van der Waals surface area contributed by atoms with Gasteiger partial charge < -0.3 is 19.3 Å². The molecule has 0 bridgehead atoms. The molecule has 3 heterocycles.